The van der Waals surface area contributed by atoms with E-state index in [0.717, 1.165) is 0 Å². The number of ether oxygens (including phenoxy) is 1. The van der Waals surface area contributed by atoms with Gasteiger partial charge in [0.25, 0.3) is 5.91 Å². The van der Waals surface area contributed by atoms with Crippen LogP contribution < -0.4 is 10.6 Å². The van der Waals surface area contributed by atoms with Gasteiger partial charge >= 0.3 is 5.97 Å². The second-order valence-electron chi connectivity index (χ2n) is 3.70. The molecule has 20 heavy (non-hydrogen) atoms. The van der Waals surface area contributed by atoms with Crippen LogP contribution in [0.2, 0.25) is 0 Å². The lowest BCUT2D eigenvalue weighted by molar-refractivity contribution is -0.127. The molecular formula is C12H14BrN3O4. The van der Waals surface area contributed by atoms with E-state index in [4.69, 9.17) is 4.74 Å². The molecule has 0 radical (unpaired) electrons. The van der Waals surface area contributed by atoms with E-state index in [-0.39, 0.29) is 18.0 Å². The van der Waals surface area contributed by atoms with Gasteiger partial charge < -0.3 is 15.4 Å². The van der Waals surface area contributed by atoms with Crippen LogP contribution in [0.3, 0.4) is 0 Å². The smallest absolute Gasteiger partial charge is 0.340 e. The highest BCUT2D eigenvalue weighted by atomic mass is 79.9. The molecular weight excluding hydrogens is 330 g/mol. The standard InChI is InChI=1S/C12H14BrN3O4/c1-2-15-10(17)6-16-11(18)7-20-12(19)8-3-9(13)5-14-4-8/h3-5H,2,6-7H2,1H3,(H,15,17)(H,16,18). The number of rotatable bonds is 6. The molecule has 2 N–H and O–H groups in total. The molecule has 0 aliphatic rings. The number of hydrogen-bond acceptors (Lipinski definition) is 5. The summed E-state index contributed by atoms with van der Waals surface area (Å²) < 4.78 is 5.43. The molecule has 1 heterocycles. The molecule has 0 fully saturated rings. The average molecular weight is 344 g/mol. The minimum absolute atomic E-state index is 0.150. The number of likely N-dealkylation sites (N-methyl/N-ethyl adjacent to an activating group) is 1. The Morgan fingerprint density at radius 1 is 1.25 bits per heavy atom. The maximum atomic E-state index is 11.6. The predicted molar refractivity (Wildman–Crippen MR) is 73.9 cm³/mol. The first-order valence-electron chi connectivity index (χ1n) is 5.84. The first-order valence-corrected chi connectivity index (χ1v) is 6.63. The molecule has 2 amide bonds. The van der Waals surface area contributed by atoms with E-state index in [1.807, 2.05) is 0 Å². The molecule has 1 aromatic heterocycles. The number of carbonyl (C=O) groups is 3. The summed E-state index contributed by atoms with van der Waals surface area (Å²) in [6.07, 6.45) is 2.86. The molecule has 0 saturated carbocycles. The van der Waals surface area contributed by atoms with Crippen molar-refractivity contribution in [3.63, 3.8) is 0 Å². The molecule has 0 unspecified atom stereocenters. The molecule has 1 rings (SSSR count). The summed E-state index contributed by atoms with van der Waals surface area (Å²) in [6, 6.07) is 1.53. The zero-order valence-electron chi connectivity index (χ0n) is 10.8. The Morgan fingerprint density at radius 2 is 2.00 bits per heavy atom. The van der Waals surface area contributed by atoms with E-state index in [9.17, 15) is 14.4 Å². The Kier molecular flexibility index (Phi) is 6.65. The number of halogens is 1. The van der Waals surface area contributed by atoms with Gasteiger partial charge in [0.1, 0.15) is 0 Å². The summed E-state index contributed by atoms with van der Waals surface area (Å²) >= 11 is 3.17. The van der Waals surface area contributed by atoms with Gasteiger partial charge in [-0.25, -0.2) is 4.79 Å². The van der Waals surface area contributed by atoms with Crippen molar-refractivity contribution in [1.29, 1.82) is 0 Å². The third-order valence-corrected chi connectivity index (χ3v) is 2.53. The van der Waals surface area contributed by atoms with Crippen molar-refractivity contribution in [3.8, 4) is 0 Å². The lowest BCUT2D eigenvalue weighted by Gasteiger charge is -2.06. The van der Waals surface area contributed by atoms with Crippen molar-refractivity contribution in [2.45, 2.75) is 6.92 Å². The topological polar surface area (TPSA) is 97.4 Å². The van der Waals surface area contributed by atoms with Gasteiger partial charge in [-0.05, 0) is 28.9 Å². The maximum absolute atomic E-state index is 11.6. The summed E-state index contributed by atoms with van der Waals surface area (Å²) in [5, 5.41) is 4.86. The third kappa shape index (κ3) is 5.79. The lowest BCUT2D eigenvalue weighted by Crippen LogP contribution is -2.38. The number of pyridine rings is 1. The van der Waals surface area contributed by atoms with Crippen LogP contribution in [0.1, 0.15) is 17.3 Å². The molecule has 8 heteroatoms. The number of hydrogen-bond donors (Lipinski definition) is 2. The van der Waals surface area contributed by atoms with Crippen LogP contribution in [0.4, 0.5) is 0 Å². The van der Waals surface area contributed by atoms with Crippen LogP contribution in [0.15, 0.2) is 22.9 Å². The highest BCUT2D eigenvalue weighted by Crippen LogP contribution is 2.10. The molecule has 0 saturated heterocycles. The van der Waals surface area contributed by atoms with Gasteiger partial charge in [-0.15, -0.1) is 0 Å². The zero-order valence-corrected chi connectivity index (χ0v) is 12.4. The second kappa shape index (κ2) is 8.26. The molecule has 0 aromatic carbocycles. The van der Waals surface area contributed by atoms with Crippen LogP contribution in [0.25, 0.3) is 0 Å². The predicted octanol–water partition coefficient (Wildman–Crippen LogP) is 0.253. The number of carbonyl (C=O) groups excluding carboxylic acids is 3. The minimum Gasteiger partial charge on any atom is -0.452 e. The van der Waals surface area contributed by atoms with Gasteiger partial charge in [-0.3, -0.25) is 14.6 Å². The number of nitrogens with zero attached hydrogens (tertiary/aromatic N) is 1. The fraction of sp³-hybridized carbons (Fsp3) is 0.333. The van der Waals surface area contributed by atoms with Gasteiger partial charge in [0, 0.05) is 23.4 Å². The van der Waals surface area contributed by atoms with E-state index in [1.165, 1.54) is 18.5 Å². The van der Waals surface area contributed by atoms with Crippen molar-refractivity contribution >= 4 is 33.7 Å². The van der Waals surface area contributed by atoms with Crippen molar-refractivity contribution in [1.82, 2.24) is 15.6 Å². The van der Waals surface area contributed by atoms with Crippen molar-refractivity contribution in [2.24, 2.45) is 0 Å². The summed E-state index contributed by atoms with van der Waals surface area (Å²) in [5.74, 6) is -1.51. The average Bonchev–Trinajstić information content (AvgIpc) is 2.43. The molecule has 0 bridgehead atoms. The van der Waals surface area contributed by atoms with Crippen molar-refractivity contribution in [2.75, 3.05) is 19.7 Å². The van der Waals surface area contributed by atoms with E-state index in [2.05, 4.69) is 31.5 Å². The molecule has 0 aliphatic heterocycles. The largest absolute Gasteiger partial charge is 0.452 e. The van der Waals surface area contributed by atoms with Gasteiger partial charge in [-0.2, -0.15) is 0 Å². The monoisotopic (exact) mass is 343 g/mol. The molecule has 108 valence electrons. The van der Waals surface area contributed by atoms with Crippen LogP contribution in [-0.2, 0) is 14.3 Å². The number of aromatic nitrogens is 1. The highest BCUT2D eigenvalue weighted by molar-refractivity contribution is 9.10. The van der Waals surface area contributed by atoms with E-state index >= 15 is 0 Å². The van der Waals surface area contributed by atoms with Crippen LogP contribution in [0, 0.1) is 0 Å². The Bertz CT molecular complexity index is 507. The fourth-order valence-corrected chi connectivity index (χ4v) is 1.59. The van der Waals surface area contributed by atoms with Gasteiger partial charge in [-0.1, -0.05) is 0 Å². The van der Waals surface area contributed by atoms with Gasteiger partial charge in [0.2, 0.25) is 5.91 Å². The molecule has 0 aliphatic carbocycles. The SMILES string of the molecule is CCNC(=O)CNC(=O)COC(=O)c1cncc(Br)c1. The molecule has 0 atom stereocenters. The maximum Gasteiger partial charge on any atom is 0.340 e. The van der Waals surface area contributed by atoms with Crippen molar-refractivity contribution < 1.29 is 19.1 Å². The van der Waals surface area contributed by atoms with Crippen LogP contribution >= 0.6 is 15.9 Å². The number of nitrogens with one attached hydrogen (secondary N) is 2. The minimum atomic E-state index is -0.660. The van der Waals surface area contributed by atoms with E-state index in [1.54, 1.807) is 6.92 Å². The Morgan fingerprint density at radius 3 is 2.65 bits per heavy atom. The number of esters is 1. The molecule has 0 spiro atoms. The third-order valence-electron chi connectivity index (χ3n) is 2.09. The zero-order chi connectivity index (χ0) is 15.0. The summed E-state index contributed by atoms with van der Waals surface area (Å²) in [7, 11) is 0. The first kappa shape index (κ1) is 16.1. The molecule has 1 aromatic rings. The normalized spacial score (nSPS) is 9.70. The van der Waals surface area contributed by atoms with E-state index in [0.29, 0.717) is 11.0 Å². The summed E-state index contributed by atoms with van der Waals surface area (Å²) in [4.78, 5) is 37.9. The highest BCUT2D eigenvalue weighted by Gasteiger charge is 2.11. The van der Waals surface area contributed by atoms with Gasteiger partial charge in [0.05, 0.1) is 12.1 Å². The Balaban J connectivity index is 2.34. The Labute approximate surface area is 124 Å². The quantitative estimate of drug-likeness (QED) is 0.721. The molecule has 7 nitrogen and oxygen atoms in total. The lowest BCUT2D eigenvalue weighted by atomic mass is 10.3. The summed E-state index contributed by atoms with van der Waals surface area (Å²) in [6.45, 7) is 1.65. The van der Waals surface area contributed by atoms with Crippen molar-refractivity contribution in [3.05, 3.63) is 28.5 Å². The second-order valence-corrected chi connectivity index (χ2v) is 4.61. The fourth-order valence-electron chi connectivity index (χ4n) is 1.23. The Hall–Kier alpha value is -1.96. The number of amides is 2. The summed E-state index contributed by atoms with van der Waals surface area (Å²) in [5.41, 5.74) is 0.232. The first-order chi connectivity index (χ1) is 9.52. The van der Waals surface area contributed by atoms with E-state index < -0.39 is 18.5 Å². The van der Waals surface area contributed by atoms with Crippen LogP contribution in [-0.4, -0.2) is 42.5 Å². The van der Waals surface area contributed by atoms with Gasteiger partial charge in [0.15, 0.2) is 6.61 Å². The van der Waals surface area contributed by atoms with Crippen LogP contribution in [0.5, 0.6) is 0 Å².